The molecule has 2 aromatic carbocycles. The number of amides is 1. The molecule has 0 aliphatic heterocycles. The van der Waals surface area contributed by atoms with Gasteiger partial charge >= 0.3 is 0 Å². The van der Waals surface area contributed by atoms with Gasteiger partial charge in [-0.15, -0.1) is 0 Å². The van der Waals surface area contributed by atoms with E-state index < -0.39 is 10.0 Å². The van der Waals surface area contributed by atoms with E-state index in [1.165, 1.54) is 23.5 Å². The van der Waals surface area contributed by atoms with Crippen molar-refractivity contribution in [1.82, 2.24) is 9.62 Å². The summed E-state index contributed by atoms with van der Waals surface area (Å²) in [7, 11) is -2.32. The predicted molar refractivity (Wildman–Crippen MR) is 117 cm³/mol. The third kappa shape index (κ3) is 5.83. The van der Waals surface area contributed by atoms with Crippen LogP contribution >= 0.6 is 0 Å². The maximum absolute atomic E-state index is 13.3. The van der Waals surface area contributed by atoms with Gasteiger partial charge in [0.2, 0.25) is 15.9 Å². The number of carbonyl (C=O) groups excluding carboxylic acids is 1. The zero-order valence-corrected chi connectivity index (χ0v) is 18.4. The van der Waals surface area contributed by atoms with E-state index in [1.807, 2.05) is 30.3 Å². The number of nitrogens with one attached hydrogen (secondary N) is 1. The van der Waals surface area contributed by atoms with Crippen molar-refractivity contribution in [2.45, 2.75) is 50.1 Å². The van der Waals surface area contributed by atoms with Crippen LogP contribution in [0.5, 0.6) is 5.75 Å². The predicted octanol–water partition coefficient (Wildman–Crippen LogP) is 3.58. The first-order chi connectivity index (χ1) is 14.4. The molecule has 1 aliphatic rings. The molecule has 0 aromatic heterocycles. The fourth-order valence-corrected chi connectivity index (χ4v) is 5.13. The molecular formula is C23H30N2O4S. The molecule has 0 unspecified atom stereocenters. The molecule has 0 atom stereocenters. The van der Waals surface area contributed by atoms with Gasteiger partial charge in [-0.3, -0.25) is 4.79 Å². The lowest BCUT2D eigenvalue weighted by Gasteiger charge is -2.28. The third-order valence-corrected chi connectivity index (χ3v) is 7.41. The van der Waals surface area contributed by atoms with Crippen molar-refractivity contribution in [2.75, 3.05) is 13.7 Å². The summed E-state index contributed by atoms with van der Waals surface area (Å²) < 4.78 is 33.0. The second kappa shape index (κ2) is 10.1. The van der Waals surface area contributed by atoms with Crippen molar-refractivity contribution in [1.29, 1.82) is 0 Å². The van der Waals surface area contributed by atoms with Crippen molar-refractivity contribution < 1.29 is 17.9 Å². The number of carbonyl (C=O) groups is 1. The first kappa shape index (κ1) is 22.3. The van der Waals surface area contributed by atoms with Crippen LogP contribution in [0.3, 0.4) is 0 Å². The molecular weight excluding hydrogens is 400 g/mol. The zero-order chi connectivity index (χ0) is 21.6. The van der Waals surface area contributed by atoms with Crippen molar-refractivity contribution in [2.24, 2.45) is 5.92 Å². The second-order valence-electron chi connectivity index (χ2n) is 7.96. The van der Waals surface area contributed by atoms with E-state index in [0.29, 0.717) is 11.7 Å². The number of hydrogen-bond acceptors (Lipinski definition) is 4. The lowest BCUT2D eigenvalue weighted by molar-refractivity contribution is -0.122. The zero-order valence-electron chi connectivity index (χ0n) is 17.6. The van der Waals surface area contributed by atoms with Crippen LogP contribution in [0.25, 0.3) is 0 Å². The fraction of sp³-hybridized carbons (Fsp3) is 0.435. The number of ether oxygens (including phenoxy) is 1. The van der Waals surface area contributed by atoms with Gasteiger partial charge in [0.25, 0.3) is 0 Å². The van der Waals surface area contributed by atoms with Crippen LogP contribution in [0.2, 0.25) is 0 Å². The Balaban J connectivity index is 1.77. The van der Waals surface area contributed by atoms with Crippen LogP contribution in [0.4, 0.5) is 0 Å². The van der Waals surface area contributed by atoms with Gasteiger partial charge in [-0.1, -0.05) is 37.3 Å². The largest absolute Gasteiger partial charge is 0.497 e. The first-order valence-electron chi connectivity index (χ1n) is 10.4. The molecule has 3 rings (SSSR count). The number of rotatable bonds is 8. The molecule has 0 radical (unpaired) electrons. The third-order valence-electron chi connectivity index (χ3n) is 5.60. The minimum Gasteiger partial charge on any atom is -0.497 e. The minimum absolute atomic E-state index is 0.121. The van der Waals surface area contributed by atoms with Gasteiger partial charge in [0, 0.05) is 12.6 Å². The Morgan fingerprint density at radius 2 is 1.67 bits per heavy atom. The molecule has 2 aromatic rings. The molecule has 7 heteroatoms. The van der Waals surface area contributed by atoms with E-state index in [4.69, 9.17) is 4.74 Å². The molecule has 1 aliphatic carbocycles. The quantitative estimate of drug-likeness (QED) is 0.695. The Kier molecular flexibility index (Phi) is 7.50. The van der Waals surface area contributed by atoms with Crippen LogP contribution in [-0.4, -0.2) is 38.3 Å². The van der Waals surface area contributed by atoms with Gasteiger partial charge in [-0.25, -0.2) is 8.42 Å². The summed E-state index contributed by atoms with van der Waals surface area (Å²) in [5.74, 6) is 0.999. The summed E-state index contributed by atoms with van der Waals surface area (Å²) in [6.45, 7) is 2.14. The maximum Gasteiger partial charge on any atom is 0.243 e. The van der Waals surface area contributed by atoms with Crippen molar-refractivity contribution >= 4 is 15.9 Å². The summed E-state index contributed by atoms with van der Waals surface area (Å²) in [4.78, 5) is 12.9. The lowest BCUT2D eigenvalue weighted by Crippen LogP contribution is -2.44. The second-order valence-corrected chi connectivity index (χ2v) is 9.90. The van der Waals surface area contributed by atoms with Gasteiger partial charge < -0.3 is 10.1 Å². The van der Waals surface area contributed by atoms with Crippen LogP contribution in [0.1, 0.15) is 38.2 Å². The SMILES string of the molecule is COc1ccc(S(=O)(=O)N(CC(=O)NC2CCC(C)CC2)Cc2ccccc2)cc1. The monoisotopic (exact) mass is 430 g/mol. The summed E-state index contributed by atoms with van der Waals surface area (Å²) in [6.07, 6.45) is 4.05. The smallest absolute Gasteiger partial charge is 0.243 e. The van der Waals surface area contributed by atoms with Crippen LogP contribution in [-0.2, 0) is 21.4 Å². The molecule has 6 nitrogen and oxygen atoms in total. The summed E-state index contributed by atoms with van der Waals surface area (Å²) >= 11 is 0. The van der Waals surface area contributed by atoms with Crippen LogP contribution in [0.15, 0.2) is 59.5 Å². The van der Waals surface area contributed by atoms with E-state index in [9.17, 15) is 13.2 Å². The van der Waals surface area contributed by atoms with Crippen molar-refractivity contribution in [3.63, 3.8) is 0 Å². The molecule has 1 fully saturated rings. The van der Waals surface area contributed by atoms with E-state index in [0.717, 1.165) is 31.2 Å². The maximum atomic E-state index is 13.3. The number of nitrogens with zero attached hydrogens (tertiary/aromatic N) is 1. The Morgan fingerprint density at radius 1 is 1.03 bits per heavy atom. The minimum atomic E-state index is -3.85. The molecule has 0 saturated heterocycles. The normalized spacial score (nSPS) is 19.4. The highest BCUT2D eigenvalue weighted by Crippen LogP contribution is 2.24. The first-order valence-corrected chi connectivity index (χ1v) is 11.8. The van der Waals surface area contributed by atoms with Gasteiger partial charge in [0.15, 0.2) is 0 Å². The molecule has 0 bridgehead atoms. The van der Waals surface area contributed by atoms with Crippen molar-refractivity contribution in [3.05, 3.63) is 60.2 Å². The highest BCUT2D eigenvalue weighted by Gasteiger charge is 2.28. The van der Waals surface area contributed by atoms with Gasteiger partial charge in [-0.05, 0) is 61.4 Å². The molecule has 162 valence electrons. The van der Waals surface area contributed by atoms with E-state index >= 15 is 0 Å². The Labute approximate surface area is 179 Å². The molecule has 30 heavy (non-hydrogen) atoms. The average Bonchev–Trinajstić information content (AvgIpc) is 2.75. The summed E-state index contributed by atoms with van der Waals surface area (Å²) in [5, 5.41) is 3.03. The van der Waals surface area contributed by atoms with Gasteiger partial charge in [0.1, 0.15) is 5.75 Å². The van der Waals surface area contributed by atoms with E-state index in [2.05, 4.69) is 12.2 Å². The molecule has 1 amide bonds. The highest BCUT2D eigenvalue weighted by atomic mass is 32.2. The topological polar surface area (TPSA) is 75.7 Å². The lowest BCUT2D eigenvalue weighted by atomic mass is 9.87. The molecule has 1 N–H and O–H groups in total. The van der Waals surface area contributed by atoms with E-state index in [-0.39, 0.29) is 29.9 Å². The fourth-order valence-electron chi connectivity index (χ4n) is 3.75. The summed E-state index contributed by atoms with van der Waals surface area (Å²) in [5.41, 5.74) is 0.828. The number of methoxy groups -OCH3 is 1. The highest BCUT2D eigenvalue weighted by molar-refractivity contribution is 7.89. The van der Waals surface area contributed by atoms with Crippen LogP contribution < -0.4 is 10.1 Å². The molecule has 1 saturated carbocycles. The molecule has 0 heterocycles. The van der Waals surface area contributed by atoms with Gasteiger partial charge in [0.05, 0.1) is 18.6 Å². The van der Waals surface area contributed by atoms with E-state index in [1.54, 1.807) is 12.1 Å². The Morgan fingerprint density at radius 3 is 2.27 bits per heavy atom. The van der Waals surface area contributed by atoms with Crippen molar-refractivity contribution in [3.8, 4) is 5.75 Å². The van der Waals surface area contributed by atoms with Crippen LogP contribution in [0, 0.1) is 5.92 Å². The molecule has 0 spiro atoms. The standard InChI is InChI=1S/C23H30N2O4S/c1-18-8-10-20(11-9-18)24-23(26)17-25(16-19-6-4-3-5-7-19)30(27,28)22-14-12-21(29-2)13-15-22/h3-7,12-15,18,20H,8-11,16-17H2,1-2H3,(H,24,26). The average molecular weight is 431 g/mol. The Bertz CT molecular complexity index is 921. The Hall–Kier alpha value is -2.38. The number of benzene rings is 2. The number of sulfonamides is 1. The van der Waals surface area contributed by atoms with Gasteiger partial charge in [-0.2, -0.15) is 4.31 Å². The summed E-state index contributed by atoms with van der Waals surface area (Å²) in [6, 6.07) is 15.7. The number of hydrogen-bond donors (Lipinski definition) is 1.